The van der Waals surface area contributed by atoms with Crippen molar-refractivity contribution in [2.45, 2.75) is 12.5 Å². The fourth-order valence-electron chi connectivity index (χ4n) is 1.50. The Labute approximate surface area is 120 Å². The van der Waals surface area contributed by atoms with Crippen LogP contribution in [0.25, 0.3) is 0 Å². The number of carboxylic acid groups (broad SMARTS) is 1. The number of rotatable bonds is 7. The summed E-state index contributed by atoms with van der Waals surface area (Å²) >= 11 is 0. The summed E-state index contributed by atoms with van der Waals surface area (Å²) in [6, 6.07) is 6.81. The van der Waals surface area contributed by atoms with E-state index in [1.165, 1.54) is 0 Å². The molecule has 1 rings (SSSR count). The molecule has 1 aromatic rings. The van der Waals surface area contributed by atoms with E-state index in [2.05, 4.69) is 10.6 Å². The van der Waals surface area contributed by atoms with Crippen molar-refractivity contribution in [3.63, 3.8) is 0 Å². The second-order valence-electron chi connectivity index (χ2n) is 4.18. The number of amides is 3. The molecule has 0 aliphatic carbocycles. The Morgan fingerprint density at radius 3 is 2.29 bits per heavy atom. The van der Waals surface area contributed by atoms with E-state index in [0.29, 0.717) is 5.56 Å². The molecule has 0 saturated carbocycles. The third-order valence-electron chi connectivity index (χ3n) is 2.48. The van der Waals surface area contributed by atoms with Gasteiger partial charge in [-0.15, -0.1) is 0 Å². The zero-order chi connectivity index (χ0) is 15.8. The number of carbonyl (C=O) groups is 4. The van der Waals surface area contributed by atoms with Crippen LogP contribution in [0.4, 0.5) is 0 Å². The van der Waals surface area contributed by atoms with Crippen LogP contribution >= 0.6 is 0 Å². The van der Waals surface area contributed by atoms with Crippen LogP contribution in [0.2, 0.25) is 0 Å². The monoisotopic (exact) mass is 293 g/mol. The Balaban J connectivity index is 2.48. The summed E-state index contributed by atoms with van der Waals surface area (Å²) in [6.45, 7) is -0.406. The molecule has 5 N–H and O–H groups in total. The Morgan fingerprint density at radius 1 is 1.14 bits per heavy atom. The fourth-order valence-corrected chi connectivity index (χ4v) is 1.50. The fraction of sp³-hybridized carbons (Fsp3) is 0.231. The van der Waals surface area contributed by atoms with Gasteiger partial charge in [0.05, 0.1) is 13.0 Å². The van der Waals surface area contributed by atoms with E-state index < -0.39 is 42.7 Å². The Kier molecular flexibility index (Phi) is 5.87. The molecule has 0 radical (unpaired) electrons. The van der Waals surface area contributed by atoms with Gasteiger partial charge in [-0.2, -0.15) is 0 Å². The number of nitrogens with one attached hydrogen (secondary N) is 2. The van der Waals surface area contributed by atoms with Crippen LogP contribution < -0.4 is 16.4 Å². The standard InChI is InChI=1S/C13H15N3O5/c14-10(17)6-9(13(20)21)16-11(18)7-15-12(19)8-4-2-1-3-5-8/h1-5,9H,6-7H2,(H2,14,17)(H,15,19)(H,16,18)(H,20,21). The van der Waals surface area contributed by atoms with E-state index in [1.807, 2.05) is 0 Å². The predicted octanol–water partition coefficient (Wildman–Crippen LogP) is -1.14. The maximum Gasteiger partial charge on any atom is 0.326 e. The summed E-state index contributed by atoms with van der Waals surface area (Å²) in [7, 11) is 0. The Morgan fingerprint density at radius 2 is 1.76 bits per heavy atom. The van der Waals surface area contributed by atoms with Crippen molar-refractivity contribution in [3.8, 4) is 0 Å². The molecule has 0 aliphatic rings. The van der Waals surface area contributed by atoms with Gasteiger partial charge in [0.2, 0.25) is 11.8 Å². The van der Waals surface area contributed by atoms with Gasteiger partial charge in [0.15, 0.2) is 0 Å². The molecule has 1 unspecified atom stereocenters. The highest BCUT2D eigenvalue weighted by atomic mass is 16.4. The van der Waals surface area contributed by atoms with Crippen LogP contribution in [0, 0.1) is 0 Å². The number of nitrogens with two attached hydrogens (primary N) is 1. The summed E-state index contributed by atoms with van der Waals surface area (Å²) in [6.07, 6.45) is -0.520. The maximum atomic E-state index is 11.7. The van der Waals surface area contributed by atoms with Crippen molar-refractivity contribution >= 4 is 23.7 Å². The molecular formula is C13H15N3O5. The third-order valence-corrected chi connectivity index (χ3v) is 2.48. The van der Waals surface area contributed by atoms with Crippen LogP contribution in [0.15, 0.2) is 30.3 Å². The molecule has 1 aromatic carbocycles. The molecule has 112 valence electrons. The molecule has 1 atom stereocenters. The van der Waals surface area contributed by atoms with Gasteiger partial charge in [0.1, 0.15) is 6.04 Å². The third kappa shape index (κ3) is 5.72. The number of hydrogen-bond acceptors (Lipinski definition) is 4. The molecule has 0 spiro atoms. The van der Waals surface area contributed by atoms with Crippen molar-refractivity contribution in [1.82, 2.24) is 10.6 Å². The van der Waals surface area contributed by atoms with Crippen LogP contribution in [-0.2, 0) is 14.4 Å². The van der Waals surface area contributed by atoms with E-state index in [0.717, 1.165) is 0 Å². The number of carboxylic acids is 1. The summed E-state index contributed by atoms with van der Waals surface area (Å²) in [5.41, 5.74) is 5.25. The van der Waals surface area contributed by atoms with Crippen molar-refractivity contribution in [3.05, 3.63) is 35.9 Å². The van der Waals surface area contributed by atoms with Gasteiger partial charge in [-0.05, 0) is 12.1 Å². The van der Waals surface area contributed by atoms with Gasteiger partial charge in [0, 0.05) is 5.56 Å². The molecule has 21 heavy (non-hydrogen) atoms. The summed E-state index contributed by atoms with van der Waals surface area (Å²) in [5.74, 6) is -3.42. The first-order chi connectivity index (χ1) is 9.90. The lowest BCUT2D eigenvalue weighted by Crippen LogP contribution is -2.47. The summed E-state index contributed by atoms with van der Waals surface area (Å²) in [4.78, 5) is 44.7. The average molecular weight is 293 g/mol. The minimum absolute atomic E-state index is 0.372. The number of primary amides is 1. The molecule has 0 aromatic heterocycles. The highest BCUT2D eigenvalue weighted by Crippen LogP contribution is 1.97. The van der Waals surface area contributed by atoms with Crippen molar-refractivity contribution in [1.29, 1.82) is 0 Å². The molecule has 0 fully saturated rings. The molecule has 8 heteroatoms. The van der Waals surface area contributed by atoms with Gasteiger partial charge < -0.3 is 21.5 Å². The molecule has 0 bridgehead atoms. The van der Waals surface area contributed by atoms with Crippen LogP contribution in [0.3, 0.4) is 0 Å². The lowest BCUT2D eigenvalue weighted by Gasteiger charge is -2.13. The van der Waals surface area contributed by atoms with E-state index in [1.54, 1.807) is 30.3 Å². The molecular weight excluding hydrogens is 278 g/mol. The van der Waals surface area contributed by atoms with Gasteiger partial charge in [-0.25, -0.2) is 4.79 Å². The topological polar surface area (TPSA) is 139 Å². The second kappa shape index (κ2) is 7.63. The first-order valence-corrected chi connectivity index (χ1v) is 6.04. The van der Waals surface area contributed by atoms with Gasteiger partial charge in [-0.3, -0.25) is 14.4 Å². The Hall–Kier alpha value is -2.90. The van der Waals surface area contributed by atoms with Gasteiger partial charge in [0.25, 0.3) is 5.91 Å². The molecule has 0 heterocycles. The molecule has 8 nitrogen and oxygen atoms in total. The van der Waals surface area contributed by atoms with Crippen molar-refractivity contribution < 1.29 is 24.3 Å². The minimum atomic E-state index is -1.41. The molecule has 0 saturated heterocycles. The molecule has 3 amide bonds. The number of aliphatic carboxylic acids is 1. The first kappa shape index (κ1) is 16.2. The molecule has 0 aliphatic heterocycles. The quantitative estimate of drug-likeness (QED) is 0.503. The van der Waals surface area contributed by atoms with E-state index in [4.69, 9.17) is 10.8 Å². The first-order valence-electron chi connectivity index (χ1n) is 6.04. The van der Waals surface area contributed by atoms with Gasteiger partial charge >= 0.3 is 5.97 Å². The zero-order valence-electron chi connectivity index (χ0n) is 11.0. The number of benzene rings is 1. The zero-order valence-corrected chi connectivity index (χ0v) is 11.0. The van der Waals surface area contributed by atoms with Crippen molar-refractivity contribution in [2.75, 3.05) is 6.54 Å². The van der Waals surface area contributed by atoms with Crippen LogP contribution in [0.5, 0.6) is 0 Å². The average Bonchev–Trinajstić information content (AvgIpc) is 2.44. The van der Waals surface area contributed by atoms with E-state index >= 15 is 0 Å². The minimum Gasteiger partial charge on any atom is -0.480 e. The number of hydrogen-bond donors (Lipinski definition) is 4. The highest BCUT2D eigenvalue weighted by Gasteiger charge is 2.22. The van der Waals surface area contributed by atoms with Gasteiger partial charge in [-0.1, -0.05) is 18.2 Å². The van der Waals surface area contributed by atoms with E-state index in [-0.39, 0.29) is 0 Å². The number of carbonyl (C=O) groups excluding carboxylic acids is 3. The highest BCUT2D eigenvalue weighted by molar-refractivity contribution is 5.97. The predicted molar refractivity (Wildman–Crippen MR) is 72.2 cm³/mol. The Bertz CT molecular complexity index is 544. The normalized spacial score (nSPS) is 11.2. The maximum absolute atomic E-state index is 11.7. The largest absolute Gasteiger partial charge is 0.480 e. The van der Waals surface area contributed by atoms with Crippen molar-refractivity contribution in [2.24, 2.45) is 5.73 Å². The second-order valence-corrected chi connectivity index (χ2v) is 4.18. The van der Waals surface area contributed by atoms with Crippen LogP contribution in [0.1, 0.15) is 16.8 Å². The SMILES string of the molecule is NC(=O)CC(NC(=O)CNC(=O)c1ccccc1)C(=O)O. The van der Waals surface area contributed by atoms with E-state index in [9.17, 15) is 19.2 Å². The smallest absolute Gasteiger partial charge is 0.326 e. The summed E-state index contributed by atoms with van der Waals surface area (Å²) in [5, 5.41) is 13.3. The van der Waals surface area contributed by atoms with Crippen LogP contribution in [-0.4, -0.2) is 41.4 Å². The summed E-state index contributed by atoms with van der Waals surface area (Å²) < 4.78 is 0. The lowest BCUT2D eigenvalue weighted by atomic mass is 10.2. The lowest BCUT2D eigenvalue weighted by molar-refractivity contribution is -0.143.